The van der Waals surface area contributed by atoms with Crippen LogP contribution in [0.4, 0.5) is 0 Å². The molecular weight excluding hydrogens is 220 g/mol. The zero-order valence-electron chi connectivity index (χ0n) is 9.15. The smallest absolute Gasteiger partial charge is 0.110 e. The second-order valence-electron chi connectivity index (χ2n) is 4.22. The van der Waals surface area contributed by atoms with E-state index in [2.05, 4.69) is 11.4 Å². The fourth-order valence-corrected chi connectivity index (χ4v) is 2.87. The molecule has 1 heterocycles. The summed E-state index contributed by atoms with van der Waals surface area (Å²) in [5.41, 5.74) is 0. The third-order valence-electron chi connectivity index (χ3n) is 3.04. The third-order valence-corrected chi connectivity index (χ3v) is 4.03. The van der Waals surface area contributed by atoms with Gasteiger partial charge in [0, 0.05) is 17.5 Å². The van der Waals surface area contributed by atoms with Gasteiger partial charge in [-0.15, -0.1) is 11.3 Å². The minimum atomic E-state index is -0.204. The van der Waals surface area contributed by atoms with Crippen molar-refractivity contribution < 1.29 is 5.11 Å². The van der Waals surface area contributed by atoms with Gasteiger partial charge >= 0.3 is 0 Å². The molecule has 16 heavy (non-hydrogen) atoms. The van der Waals surface area contributed by atoms with E-state index in [1.807, 2.05) is 12.1 Å². The summed E-state index contributed by atoms with van der Waals surface area (Å²) >= 11 is 1.52. The maximum atomic E-state index is 9.79. The summed E-state index contributed by atoms with van der Waals surface area (Å²) in [6.45, 7) is 0.758. The molecular formula is C12H16N2OS. The Morgan fingerprint density at radius 2 is 2.25 bits per heavy atom. The summed E-state index contributed by atoms with van der Waals surface area (Å²) < 4.78 is 0. The maximum Gasteiger partial charge on any atom is 0.110 e. The van der Waals surface area contributed by atoms with Crippen LogP contribution in [0.25, 0.3) is 0 Å². The fraction of sp³-hybridized carbons (Fsp3) is 0.583. The summed E-state index contributed by atoms with van der Waals surface area (Å²) in [6.07, 6.45) is 4.09. The van der Waals surface area contributed by atoms with E-state index in [0.29, 0.717) is 0 Å². The Kier molecular flexibility index (Phi) is 3.94. The largest absolute Gasteiger partial charge is 0.392 e. The fourth-order valence-electron chi connectivity index (χ4n) is 2.11. The summed E-state index contributed by atoms with van der Waals surface area (Å²) in [6, 6.07) is 6.18. The molecule has 0 saturated heterocycles. The predicted molar refractivity (Wildman–Crippen MR) is 64.1 cm³/mol. The van der Waals surface area contributed by atoms with Gasteiger partial charge in [0.15, 0.2) is 0 Å². The van der Waals surface area contributed by atoms with Crippen molar-refractivity contribution in [3.63, 3.8) is 0 Å². The molecule has 0 spiro atoms. The van der Waals surface area contributed by atoms with Gasteiger partial charge in [-0.05, 0) is 25.0 Å². The Morgan fingerprint density at radius 1 is 1.44 bits per heavy atom. The average molecular weight is 236 g/mol. The zero-order valence-corrected chi connectivity index (χ0v) is 9.96. The number of hydrogen-bond acceptors (Lipinski definition) is 4. The van der Waals surface area contributed by atoms with Crippen LogP contribution in [0.3, 0.4) is 0 Å². The van der Waals surface area contributed by atoms with Gasteiger partial charge in [0.05, 0.1) is 6.10 Å². The first kappa shape index (κ1) is 11.6. The number of hydrogen-bond donors (Lipinski definition) is 2. The number of aliphatic hydroxyl groups excluding tert-OH is 1. The van der Waals surface area contributed by atoms with Crippen LogP contribution in [-0.4, -0.2) is 17.3 Å². The van der Waals surface area contributed by atoms with Crippen LogP contribution in [0, 0.1) is 11.3 Å². The van der Waals surface area contributed by atoms with Crippen molar-refractivity contribution in [1.29, 1.82) is 5.26 Å². The monoisotopic (exact) mass is 236 g/mol. The highest BCUT2D eigenvalue weighted by atomic mass is 32.1. The lowest BCUT2D eigenvalue weighted by Gasteiger charge is -2.28. The Labute approximate surface area is 99.7 Å². The predicted octanol–water partition coefficient (Wildman–Crippen LogP) is 2.01. The third kappa shape index (κ3) is 2.82. The first-order chi connectivity index (χ1) is 7.79. The molecule has 0 aromatic carbocycles. The number of aliphatic hydroxyl groups is 1. The molecule has 4 heteroatoms. The molecule has 1 aromatic rings. The summed E-state index contributed by atoms with van der Waals surface area (Å²) in [5.74, 6) is 0. The van der Waals surface area contributed by atoms with Crippen molar-refractivity contribution in [3.8, 4) is 6.07 Å². The second-order valence-corrected chi connectivity index (χ2v) is 5.39. The lowest BCUT2D eigenvalue weighted by atomic mass is 9.92. The van der Waals surface area contributed by atoms with Crippen LogP contribution in [0.2, 0.25) is 0 Å². The molecule has 2 N–H and O–H groups in total. The summed E-state index contributed by atoms with van der Waals surface area (Å²) in [4.78, 5) is 1.91. The van der Waals surface area contributed by atoms with E-state index in [9.17, 15) is 5.11 Å². The van der Waals surface area contributed by atoms with Crippen molar-refractivity contribution in [2.75, 3.05) is 0 Å². The lowest BCUT2D eigenvalue weighted by Crippen LogP contribution is -2.41. The van der Waals surface area contributed by atoms with Crippen LogP contribution in [0.5, 0.6) is 0 Å². The van der Waals surface area contributed by atoms with Crippen molar-refractivity contribution >= 4 is 11.3 Å². The highest BCUT2D eigenvalue weighted by molar-refractivity contribution is 7.12. The Bertz CT molecular complexity index is 383. The molecule has 0 bridgehead atoms. The highest BCUT2D eigenvalue weighted by Crippen LogP contribution is 2.20. The van der Waals surface area contributed by atoms with Crippen molar-refractivity contribution in [2.24, 2.45) is 0 Å². The normalized spacial score (nSPS) is 25.2. The van der Waals surface area contributed by atoms with Gasteiger partial charge in [-0.1, -0.05) is 12.8 Å². The van der Waals surface area contributed by atoms with E-state index in [0.717, 1.165) is 35.6 Å². The van der Waals surface area contributed by atoms with Crippen LogP contribution < -0.4 is 5.32 Å². The molecule has 0 amide bonds. The minimum Gasteiger partial charge on any atom is -0.392 e. The van der Waals surface area contributed by atoms with Gasteiger partial charge in [0.25, 0.3) is 0 Å². The Hall–Kier alpha value is -0.890. The summed E-state index contributed by atoms with van der Waals surface area (Å²) in [5, 5.41) is 21.9. The lowest BCUT2D eigenvalue weighted by molar-refractivity contribution is 0.0904. The molecule has 0 radical (unpaired) electrons. The summed E-state index contributed by atoms with van der Waals surface area (Å²) in [7, 11) is 0. The molecule has 1 aliphatic rings. The Balaban J connectivity index is 1.84. The maximum absolute atomic E-state index is 9.79. The molecule has 1 aliphatic carbocycles. The van der Waals surface area contributed by atoms with Gasteiger partial charge in [0.1, 0.15) is 10.9 Å². The average Bonchev–Trinajstić information content (AvgIpc) is 2.76. The molecule has 2 rings (SSSR count). The van der Waals surface area contributed by atoms with E-state index >= 15 is 0 Å². The molecule has 86 valence electrons. The zero-order chi connectivity index (χ0) is 11.4. The van der Waals surface area contributed by atoms with Crippen molar-refractivity contribution in [2.45, 2.75) is 44.4 Å². The van der Waals surface area contributed by atoms with E-state index in [1.165, 1.54) is 17.8 Å². The van der Waals surface area contributed by atoms with Crippen molar-refractivity contribution in [3.05, 3.63) is 21.9 Å². The standard InChI is InChI=1S/C12H16N2OS/c13-7-9-5-6-10(16-9)8-14-11-3-1-2-4-12(11)15/h5-6,11-12,14-15H,1-4,8H2. The van der Waals surface area contributed by atoms with Crippen molar-refractivity contribution in [1.82, 2.24) is 5.32 Å². The Morgan fingerprint density at radius 3 is 2.94 bits per heavy atom. The number of nitrogens with zero attached hydrogens (tertiary/aromatic N) is 1. The van der Waals surface area contributed by atoms with Gasteiger partial charge in [-0.3, -0.25) is 0 Å². The van der Waals surface area contributed by atoms with Gasteiger partial charge in [-0.25, -0.2) is 0 Å². The number of rotatable bonds is 3. The van der Waals surface area contributed by atoms with Crippen LogP contribution in [0.15, 0.2) is 12.1 Å². The van der Waals surface area contributed by atoms with E-state index in [-0.39, 0.29) is 12.1 Å². The molecule has 1 saturated carbocycles. The number of thiophene rings is 1. The minimum absolute atomic E-state index is 0.204. The van der Waals surface area contributed by atoms with Crippen LogP contribution in [0.1, 0.15) is 35.4 Å². The first-order valence-corrected chi connectivity index (χ1v) is 6.51. The van der Waals surface area contributed by atoms with Crippen LogP contribution in [-0.2, 0) is 6.54 Å². The molecule has 3 nitrogen and oxygen atoms in total. The molecule has 2 unspecified atom stereocenters. The second kappa shape index (κ2) is 5.44. The molecule has 1 fully saturated rings. The van der Waals surface area contributed by atoms with E-state index < -0.39 is 0 Å². The van der Waals surface area contributed by atoms with E-state index in [1.54, 1.807) is 0 Å². The molecule has 1 aromatic heterocycles. The van der Waals surface area contributed by atoms with Crippen LogP contribution >= 0.6 is 11.3 Å². The number of nitriles is 1. The van der Waals surface area contributed by atoms with Gasteiger partial charge in [0.2, 0.25) is 0 Å². The topological polar surface area (TPSA) is 56.0 Å². The first-order valence-electron chi connectivity index (χ1n) is 5.70. The number of nitrogens with one attached hydrogen (secondary N) is 1. The van der Waals surface area contributed by atoms with Gasteiger partial charge in [-0.2, -0.15) is 5.26 Å². The van der Waals surface area contributed by atoms with Gasteiger partial charge < -0.3 is 10.4 Å². The molecule has 2 atom stereocenters. The quantitative estimate of drug-likeness (QED) is 0.844. The highest BCUT2D eigenvalue weighted by Gasteiger charge is 2.22. The van der Waals surface area contributed by atoms with E-state index in [4.69, 9.17) is 5.26 Å². The SMILES string of the molecule is N#Cc1ccc(CNC2CCCCC2O)s1. The molecule has 0 aliphatic heterocycles.